The Morgan fingerprint density at radius 3 is 2.38 bits per heavy atom. The van der Waals surface area contributed by atoms with Gasteiger partial charge in [0.25, 0.3) is 0 Å². The van der Waals surface area contributed by atoms with E-state index >= 15 is 0 Å². The number of anilines is 1. The maximum absolute atomic E-state index is 6.53. The molecule has 0 aliphatic carbocycles. The molecular formula is C23H24N2O. The summed E-state index contributed by atoms with van der Waals surface area (Å²) in [5.41, 5.74) is 12.7. The summed E-state index contributed by atoms with van der Waals surface area (Å²) in [5, 5.41) is 0. The number of ether oxygens (including phenoxy) is 1. The number of hydrogen-bond donors (Lipinski definition) is 1. The van der Waals surface area contributed by atoms with Crippen LogP contribution >= 0.6 is 0 Å². The molecule has 1 atom stereocenters. The normalized spacial score (nSPS) is 15.9. The predicted octanol–water partition coefficient (Wildman–Crippen LogP) is 4.39. The number of benzene rings is 3. The third kappa shape index (κ3) is 3.50. The molecule has 0 fully saturated rings. The Morgan fingerprint density at radius 2 is 1.54 bits per heavy atom. The van der Waals surface area contributed by atoms with Crippen LogP contribution < -0.4 is 10.6 Å². The zero-order valence-corrected chi connectivity index (χ0v) is 14.8. The number of nitrogens with two attached hydrogens (primary N) is 1. The maximum Gasteiger partial charge on any atom is 0.0717 e. The first-order valence-corrected chi connectivity index (χ1v) is 9.13. The van der Waals surface area contributed by atoms with Crippen molar-refractivity contribution in [2.45, 2.75) is 12.6 Å². The molecule has 2 N–H and O–H groups in total. The van der Waals surface area contributed by atoms with Crippen LogP contribution in [-0.4, -0.2) is 19.7 Å². The largest absolute Gasteiger partial charge is 0.375 e. The molecule has 0 unspecified atom stereocenters. The molecule has 0 saturated heterocycles. The summed E-state index contributed by atoms with van der Waals surface area (Å²) in [6.45, 7) is 2.93. The predicted molar refractivity (Wildman–Crippen MR) is 107 cm³/mol. The molecule has 0 radical (unpaired) electrons. The van der Waals surface area contributed by atoms with E-state index in [1.165, 1.54) is 27.9 Å². The number of rotatable bonds is 5. The van der Waals surface area contributed by atoms with Gasteiger partial charge in [-0.05, 0) is 22.8 Å². The van der Waals surface area contributed by atoms with Gasteiger partial charge < -0.3 is 15.4 Å². The molecule has 132 valence electrons. The Kier molecular flexibility index (Phi) is 5.00. The van der Waals surface area contributed by atoms with Crippen molar-refractivity contribution in [2.24, 2.45) is 5.73 Å². The van der Waals surface area contributed by atoms with Crippen molar-refractivity contribution in [2.75, 3.05) is 24.6 Å². The summed E-state index contributed by atoms with van der Waals surface area (Å²) in [6, 6.07) is 27.3. The average Bonchev–Trinajstić information content (AvgIpc) is 2.82. The van der Waals surface area contributed by atoms with Gasteiger partial charge in [-0.15, -0.1) is 0 Å². The van der Waals surface area contributed by atoms with Crippen LogP contribution in [0.25, 0.3) is 11.1 Å². The summed E-state index contributed by atoms with van der Waals surface area (Å²) in [4.78, 5) is 2.35. The van der Waals surface area contributed by atoms with Gasteiger partial charge in [-0.25, -0.2) is 0 Å². The molecule has 1 aliphatic heterocycles. The fourth-order valence-electron chi connectivity index (χ4n) is 3.63. The van der Waals surface area contributed by atoms with E-state index in [4.69, 9.17) is 10.5 Å². The van der Waals surface area contributed by atoms with E-state index in [1.54, 1.807) is 0 Å². The monoisotopic (exact) mass is 344 g/mol. The summed E-state index contributed by atoms with van der Waals surface area (Å²) in [7, 11) is 0. The molecule has 0 bridgehead atoms. The Morgan fingerprint density at radius 1 is 0.846 bits per heavy atom. The van der Waals surface area contributed by atoms with Crippen LogP contribution in [0.4, 0.5) is 5.69 Å². The van der Waals surface area contributed by atoms with Gasteiger partial charge in [0.05, 0.1) is 13.2 Å². The maximum atomic E-state index is 6.53. The van der Waals surface area contributed by atoms with Crippen LogP contribution in [0.1, 0.15) is 17.2 Å². The molecule has 3 heteroatoms. The summed E-state index contributed by atoms with van der Waals surface area (Å²) in [5.74, 6) is 0. The highest BCUT2D eigenvalue weighted by molar-refractivity contribution is 5.82. The van der Waals surface area contributed by atoms with Gasteiger partial charge in [0.2, 0.25) is 0 Å². The molecule has 3 aromatic rings. The van der Waals surface area contributed by atoms with Gasteiger partial charge in [-0.1, -0.05) is 72.8 Å². The van der Waals surface area contributed by atoms with Crippen LogP contribution in [0.15, 0.2) is 78.9 Å². The third-order valence-electron chi connectivity index (χ3n) is 4.93. The highest BCUT2D eigenvalue weighted by Gasteiger charge is 2.23. The fraction of sp³-hybridized carbons (Fsp3) is 0.217. The number of fused-ring (bicyclic) bond motifs is 3. The van der Waals surface area contributed by atoms with Crippen molar-refractivity contribution in [3.63, 3.8) is 0 Å². The molecule has 4 rings (SSSR count). The first-order valence-electron chi connectivity index (χ1n) is 9.13. The van der Waals surface area contributed by atoms with Crippen LogP contribution in [0.3, 0.4) is 0 Å². The van der Waals surface area contributed by atoms with Crippen molar-refractivity contribution < 1.29 is 4.74 Å². The molecule has 0 aromatic heterocycles. The average molecular weight is 344 g/mol. The minimum Gasteiger partial charge on any atom is -0.375 e. The van der Waals surface area contributed by atoms with E-state index in [1.807, 2.05) is 18.2 Å². The second-order valence-electron chi connectivity index (χ2n) is 6.70. The first kappa shape index (κ1) is 16.8. The van der Waals surface area contributed by atoms with Gasteiger partial charge in [-0.3, -0.25) is 0 Å². The lowest BCUT2D eigenvalue weighted by atomic mass is 9.96. The molecule has 0 amide bonds. The van der Waals surface area contributed by atoms with Crippen LogP contribution in [0.2, 0.25) is 0 Å². The van der Waals surface area contributed by atoms with Gasteiger partial charge >= 0.3 is 0 Å². The highest BCUT2D eigenvalue weighted by Crippen LogP contribution is 2.38. The van der Waals surface area contributed by atoms with Crippen LogP contribution in [0, 0.1) is 0 Å². The Balaban J connectivity index is 1.50. The van der Waals surface area contributed by atoms with Crippen LogP contribution in [-0.2, 0) is 11.3 Å². The van der Waals surface area contributed by atoms with Gasteiger partial charge in [0.1, 0.15) is 0 Å². The highest BCUT2D eigenvalue weighted by atomic mass is 16.5. The zero-order chi connectivity index (χ0) is 17.8. The van der Waals surface area contributed by atoms with E-state index in [0.717, 1.165) is 13.1 Å². The second kappa shape index (κ2) is 7.73. The smallest absolute Gasteiger partial charge is 0.0717 e. The third-order valence-corrected chi connectivity index (χ3v) is 4.93. The fourth-order valence-corrected chi connectivity index (χ4v) is 3.63. The molecule has 3 nitrogen and oxygen atoms in total. The molecular weight excluding hydrogens is 320 g/mol. The van der Waals surface area contributed by atoms with Crippen molar-refractivity contribution >= 4 is 5.69 Å². The Hall–Kier alpha value is -2.62. The zero-order valence-electron chi connectivity index (χ0n) is 14.8. The van der Waals surface area contributed by atoms with Crippen molar-refractivity contribution in [3.05, 3.63) is 90.0 Å². The van der Waals surface area contributed by atoms with Crippen molar-refractivity contribution in [3.8, 4) is 11.1 Å². The lowest BCUT2D eigenvalue weighted by molar-refractivity contribution is 0.126. The molecule has 0 saturated carbocycles. The molecule has 0 spiro atoms. The summed E-state index contributed by atoms with van der Waals surface area (Å²) < 4.78 is 5.91. The lowest BCUT2D eigenvalue weighted by Gasteiger charge is -2.26. The minimum atomic E-state index is -0.00674. The van der Waals surface area contributed by atoms with Crippen molar-refractivity contribution in [1.82, 2.24) is 0 Å². The molecule has 3 aromatic carbocycles. The van der Waals surface area contributed by atoms with E-state index in [0.29, 0.717) is 13.2 Å². The lowest BCUT2D eigenvalue weighted by Crippen LogP contribution is -2.33. The first-order chi connectivity index (χ1) is 12.8. The van der Waals surface area contributed by atoms with E-state index < -0.39 is 0 Å². The Labute approximate surface area is 155 Å². The number of nitrogens with zero attached hydrogens (tertiary/aromatic N) is 1. The summed E-state index contributed by atoms with van der Waals surface area (Å²) >= 11 is 0. The van der Waals surface area contributed by atoms with Crippen molar-refractivity contribution in [1.29, 1.82) is 0 Å². The van der Waals surface area contributed by atoms with E-state index in [2.05, 4.69) is 65.6 Å². The number of hydrogen-bond acceptors (Lipinski definition) is 3. The van der Waals surface area contributed by atoms with E-state index in [9.17, 15) is 0 Å². The Bertz CT molecular complexity index is 863. The molecule has 1 heterocycles. The van der Waals surface area contributed by atoms with Gasteiger partial charge in [0.15, 0.2) is 0 Å². The SMILES string of the molecule is N[C@@H]1CN(CCOCc2ccccc2)c2ccccc2-c2ccccc21. The standard InChI is InChI=1S/C23H24N2O/c24-22-16-25(14-15-26-17-18-8-2-1-3-9-18)23-13-7-6-12-21(23)19-10-4-5-11-20(19)22/h1-13,22H,14-17,24H2/t22-/m1/s1. The van der Waals surface area contributed by atoms with Crippen LogP contribution in [0.5, 0.6) is 0 Å². The van der Waals surface area contributed by atoms with Gasteiger partial charge in [0, 0.05) is 30.4 Å². The topological polar surface area (TPSA) is 38.5 Å². The second-order valence-corrected chi connectivity index (χ2v) is 6.70. The molecule has 26 heavy (non-hydrogen) atoms. The molecule has 1 aliphatic rings. The van der Waals surface area contributed by atoms with E-state index in [-0.39, 0.29) is 6.04 Å². The number of para-hydroxylation sites is 1. The minimum absolute atomic E-state index is 0.00674. The van der Waals surface area contributed by atoms with Gasteiger partial charge in [-0.2, -0.15) is 0 Å². The quantitative estimate of drug-likeness (QED) is 0.698. The summed E-state index contributed by atoms with van der Waals surface area (Å²) in [6.07, 6.45) is 0.